The van der Waals surface area contributed by atoms with Crippen molar-refractivity contribution in [1.82, 2.24) is 9.78 Å². The molecule has 0 aliphatic heterocycles. The molecular weight excluding hydrogens is 489 g/mol. The summed E-state index contributed by atoms with van der Waals surface area (Å²) in [4.78, 5) is 17.8. The molecule has 12 heteroatoms. The first-order chi connectivity index (χ1) is 14.0. The van der Waals surface area contributed by atoms with Gasteiger partial charge in [-0.2, -0.15) is 18.3 Å². The van der Waals surface area contributed by atoms with Gasteiger partial charge in [0.1, 0.15) is 5.69 Å². The zero-order valence-corrected chi connectivity index (χ0v) is 17.9. The average Bonchev–Trinajstić information content (AvgIpc) is 3.08. The van der Waals surface area contributed by atoms with Crippen LogP contribution >= 0.6 is 46.4 Å². The van der Waals surface area contributed by atoms with Crippen molar-refractivity contribution < 1.29 is 22.8 Å². The molecule has 158 valence electrons. The molecular formula is C18H10Cl4F3N3O2. The molecule has 0 saturated heterocycles. The Morgan fingerprint density at radius 1 is 1.03 bits per heavy atom. The summed E-state index contributed by atoms with van der Waals surface area (Å²) >= 11 is 24.1. The topological polar surface area (TPSA) is 47.4 Å². The Labute approximate surface area is 188 Å². The second-order valence-electron chi connectivity index (χ2n) is 5.87. The fourth-order valence-electron chi connectivity index (χ4n) is 2.47. The third-order valence-corrected chi connectivity index (χ3v) is 4.86. The van der Waals surface area contributed by atoms with E-state index in [4.69, 9.17) is 51.2 Å². The molecule has 1 aromatic heterocycles. The lowest BCUT2D eigenvalue weighted by molar-refractivity contribution is -0.137. The first-order valence-electron chi connectivity index (χ1n) is 8.03. The molecule has 0 bridgehead atoms. The van der Waals surface area contributed by atoms with E-state index in [2.05, 4.69) is 5.10 Å². The second-order valence-corrected chi connectivity index (χ2v) is 7.52. The number of hydroxylamine groups is 1. The van der Waals surface area contributed by atoms with Crippen LogP contribution in [0.2, 0.25) is 20.1 Å². The summed E-state index contributed by atoms with van der Waals surface area (Å²) in [6.45, 7) is 1.21. The van der Waals surface area contributed by atoms with Gasteiger partial charge in [-0.25, -0.2) is 4.68 Å². The van der Waals surface area contributed by atoms with E-state index in [1.807, 2.05) is 0 Å². The third-order valence-electron chi connectivity index (χ3n) is 3.76. The maximum atomic E-state index is 13.0. The number of nitrogens with zero attached hydrogens (tertiary/aromatic N) is 3. The van der Waals surface area contributed by atoms with E-state index in [9.17, 15) is 18.0 Å². The molecule has 0 saturated carbocycles. The fraction of sp³-hybridized carbons (Fsp3) is 0.111. The second kappa shape index (κ2) is 8.55. The average molecular weight is 499 g/mol. The molecule has 0 atom stereocenters. The Morgan fingerprint density at radius 3 is 2.20 bits per heavy atom. The van der Waals surface area contributed by atoms with Crippen molar-refractivity contribution in [2.45, 2.75) is 13.1 Å². The van der Waals surface area contributed by atoms with Crippen molar-refractivity contribution >= 4 is 58.1 Å². The zero-order chi connectivity index (χ0) is 22.2. The van der Waals surface area contributed by atoms with Crippen LogP contribution < -0.4 is 9.90 Å². The van der Waals surface area contributed by atoms with Gasteiger partial charge in [-0.05, 0) is 30.3 Å². The number of hydrogen-bond acceptors (Lipinski definition) is 3. The number of carbonyl (C=O) groups excluding carboxylic acids is 1. The van der Waals surface area contributed by atoms with Gasteiger partial charge in [0, 0.05) is 18.0 Å². The molecule has 1 heterocycles. The predicted octanol–water partition coefficient (Wildman–Crippen LogP) is 6.85. The number of rotatable bonds is 4. The molecule has 0 radical (unpaired) electrons. The van der Waals surface area contributed by atoms with Gasteiger partial charge in [0.25, 0.3) is 5.91 Å². The van der Waals surface area contributed by atoms with E-state index in [-0.39, 0.29) is 32.3 Å². The van der Waals surface area contributed by atoms with Gasteiger partial charge in [-0.15, -0.1) is 5.06 Å². The fourth-order valence-corrected chi connectivity index (χ4v) is 3.56. The Bertz CT molecular complexity index is 1100. The highest BCUT2D eigenvalue weighted by molar-refractivity contribution is 6.38. The van der Waals surface area contributed by atoms with Crippen molar-refractivity contribution in [3.8, 4) is 11.4 Å². The van der Waals surface area contributed by atoms with Crippen molar-refractivity contribution in [1.29, 1.82) is 0 Å². The van der Waals surface area contributed by atoms with E-state index in [0.29, 0.717) is 17.2 Å². The summed E-state index contributed by atoms with van der Waals surface area (Å²) in [7, 11) is 0. The first kappa shape index (κ1) is 22.6. The summed E-state index contributed by atoms with van der Waals surface area (Å²) in [5.74, 6) is -0.451. The minimum Gasteiger partial charge on any atom is -0.369 e. The Kier molecular flexibility index (Phi) is 6.43. The Balaban J connectivity index is 2.07. The summed E-state index contributed by atoms with van der Waals surface area (Å²) in [6, 6.07) is 7.17. The highest BCUT2D eigenvalue weighted by atomic mass is 35.5. The zero-order valence-electron chi connectivity index (χ0n) is 14.8. The van der Waals surface area contributed by atoms with Gasteiger partial charge < -0.3 is 4.84 Å². The third kappa shape index (κ3) is 4.62. The van der Waals surface area contributed by atoms with Crippen LogP contribution in [0.1, 0.15) is 12.5 Å². The number of alkyl halides is 3. The van der Waals surface area contributed by atoms with Gasteiger partial charge in [0.15, 0.2) is 11.6 Å². The SMILES string of the molecule is CC(=O)N(Oc1ccc(Cl)cc1Cl)c1ccnn1-c1c(Cl)cc(C(F)(F)F)cc1Cl. The van der Waals surface area contributed by atoms with Crippen molar-refractivity contribution in [3.05, 3.63) is 68.2 Å². The molecule has 3 aromatic rings. The van der Waals surface area contributed by atoms with Gasteiger partial charge in [0.05, 0.1) is 26.8 Å². The molecule has 5 nitrogen and oxygen atoms in total. The van der Waals surface area contributed by atoms with Crippen molar-refractivity contribution in [2.75, 3.05) is 5.06 Å². The number of amides is 1. The smallest absolute Gasteiger partial charge is 0.369 e. The Morgan fingerprint density at radius 2 is 1.67 bits per heavy atom. The van der Waals surface area contributed by atoms with Crippen LogP contribution in [0.25, 0.3) is 5.69 Å². The van der Waals surface area contributed by atoms with Gasteiger partial charge in [-0.1, -0.05) is 46.4 Å². The predicted molar refractivity (Wildman–Crippen MR) is 109 cm³/mol. The van der Waals surface area contributed by atoms with Gasteiger partial charge in [-0.3, -0.25) is 4.79 Å². The van der Waals surface area contributed by atoms with E-state index < -0.39 is 17.6 Å². The number of anilines is 1. The van der Waals surface area contributed by atoms with E-state index >= 15 is 0 Å². The quantitative estimate of drug-likeness (QED) is 0.369. The molecule has 0 fully saturated rings. The molecule has 3 rings (SSSR count). The standard InChI is InChI=1S/C18H10Cl4F3N3O2/c1-9(29)28(30-15-3-2-11(19)8-12(15)20)16-4-5-26-27(16)17-13(21)6-10(7-14(17)22)18(23,24)25/h2-8H,1H3. The molecule has 0 unspecified atom stereocenters. The first-order valence-corrected chi connectivity index (χ1v) is 9.54. The highest BCUT2D eigenvalue weighted by Gasteiger charge is 2.33. The van der Waals surface area contributed by atoms with Crippen molar-refractivity contribution in [3.63, 3.8) is 0 Å². The van der Waals surface area contributed by atoms with Crippen LogP contribution in [0.3, 0.4) is 0 Å². The summed E-state index contributed by atoms with van der Waals surface area (Å²) < 4.78 is 40.1. The van der Waals surface area contributed by atoms with Crippen LogP contribution in [-0.4, -0.2) is 15.7 Å². The lowest BCUT2D eigenvalue weighted by Gasteiger charge is -2.23. The monoisotopic (exact) mass is 497 g/mol. The largest absolute Gasteiger partial charge is 0.416 e. The maximum absolute atomic E-state index is 13.0. The number of hydrogen-bond donors (Lipinski definition) is 0. The molecule has 0 aliphatic carbocycles. The molecule has 0 N–H and O–H groups in total. The minimum absolute atomic E-state index is 0.0251. The lowest BCUT2D eigenvalue weighted by Crippen LogP contribution is -2.34. The van der Waals surface area contributed by atoms with Crippen LogP contribution in [0, 0.1) is 0 Å². The van der Waals surface area contributed by atoms with Gasteiger partial charge >= 0.3 is 6.18 Å². The lowest BCUT2D eigenvalue weighted by atomic mass is 10.2. The maximum Gasteiger partial charge on any atom is 0.416 e. The molecule has 2 aromatic carbocycles. The van der Waals surface area contributed by atoms with E-state index in [1.165, 1.54) is 37.4 Å². The van der Waals surface area contributed by atoms with Crippen LogP contribution in [0.15, 0.2) is 42.6 Å². The van der Waals surface area contributed by atoms with Crippen LogP contribution in [-0.2, 0) is 11.0 Å². The summed E-state index contributed by atoms with van der Waals surface area (Å²) in [6.07, 6.45) is -3.35. The number of benzene rings is 2. The molecule has 30 heavy (non-hydrogen) atoms. The normalized spacial score (nSPS) is 11.5. The highest BCUT2D eigenvalue weighted by Crippen LogP contribution is 2.39. The number of aromatic nitrogens is 2. The van der Waals surface area contributed by atoms with Crippen molar-refractivity contribution in [2.24, 2.45) is 0 Å². The van der Waals surface area contributed by atoms with Gasteiger partial charge in [0.2, 0.25) is 0 Å². The van der Waals surface area contributed by atoms with E-state index in [0.717, 1.165) is 9.75 Å². The Hall–Kier alpha value is -2.13. The minimum atomic E-state index is -4.64. The summed E-state index contributed by atoms with van der Waals surface area (Å²) in [5.41, 5.74) is -1.09. The molecule has 1 amide bonds. The molecule has 0 aliphatic rings. The van der Waals surface area contributed by atoms with Crippen LogP contribution in [0.4, 0.5) is 19.0 Å². The molecule has 0 spiro atoms. The summed E-state index contributed by atoms with van der Waals surface area (Å²) in [5, 5.41) is 4.69. The van der Waals surface area contributed by atoms with E-state index in [1.54, 1.807) is 0 Å². The number of halogens is 7. The van der Waals surface area contributed by atoms with Crippen LogP contribution in [0.5, 0.6) is 5.75 Å². The number of carbonyl (C=O) groups is 1.